The highest BCUT2D eigenvalue weighted by molar-refractivity contribution is 6.50. The largest absolute Gasteiger partial charge is 0.323 e. The van der Waals surface area contributed by atoms with E-state index in [1.807, 2.05) is 0 Å². The fraction of sp³-hybridized carbons (Fsp3) is 0.161. The maximum absolute atomic E-state index is 5.22. The van der Waals surface area contributed by atoms with Crippen LogP contribution in [0.4, 0.5) is 22.7 Å². The molecule has 5 rings (SSSR count). The van der Waals surface area contributed by atoms with Gasteiger partial charge in [-0.1, -0.05) is 71.8 Å². The molecule has 0 N–H and O–H groups in total. The van der Waals surface area contributed by atoms with Crippen molar-refractivity contribution in [3.63, 3.8) is 0 Å². The third kappa shape index (κ3) is 5.33. The number of rotatable bonds is 4. The van der Waals surface area contributed by atoms with Crippen molar-refractivity contribution in [2.45, 2.75) is 20.3 Å². The summed E-state index contributed by atoms with van der Waals surface area (Å²) in [5.41, 5.74) is 6.49. The Morgan fingerprint density at radius 3 is 1.23 bits per heavy atom. The van der Waals surface area contributed by atoms with Gasteiger partial charge < -0.3 is 9.80 Å². The zero-order valence-electron chi connectivity index (χ0n) is 20.3. The van der Waals surface area contributed by atoms with Crippen LogP contribution in [0.25, 0.3) is 0 Å². The van der Waals surface area contributed by atoms with E-state index in [0.29, 0.717) is 0 Å². The zero-order valence-corrected chi connectivity index (χ0v) is 20.3. The van der Waals surface area contributed by atoms with Crippen molar-refractivity contribution in [2.75, 3.05) is 22.9 Å². The Kier molecular flexibility index (Phi) is 6.71. The number of hydrogen-bond acceptors (Lipinski definition) is 2. The Hall–Kier alpha value is -4.18. The lowest BCUT2D eigenvalue weighted by Crippen LogP contribution is -2.42. The molecule has 1 saturated heterocycles. The van der Waals surface area contributed by atoms with E-state index in [2.05, 4.69) is 133 Å². The Bertz CT molecular complexity index is 1200. The summed E-state index contributed by atoms with van der Waals surface area (Å²) in [5, 5.41) is 0. The van der Waals surface area contributed by atoms with Gasteiger partial charge in [-0.3, -0.25) is 0 Å². The highest BCUT2D eigenvalue weighted by Crippen LogP contribution is 2.27. The Morgan fingerprint density at radius 2 is 0.857 bits per heavy atom. The normalized spacial score (nSPS) is 16.5. The highest BCUT2D eigenvalue weighted by atomic mass is 15.3. The molecule has 0 spiro atoms. The van der Waals surface area contributed by atoms with E-state index in [-0.39, 0.29) is 0 Å². The molecule has 4 nitrogen and oxygen atoms in total. The summed E-state index contributed by atoms with van der Waals surface area (Å²) in [6.07, 6.45) is 0.976. The molecule has 174 valence electrons. The number of nitrogens with zero attached hydrogens (tertiary/aromatic N) is 4. The smallest absolute Gasteiger partial charge is 0.177 e. The van der Waals surface area contributed by atoms with Crippen LogP contribution in [0.2, 0.25) is 0 Å². The summed E-state index contributed by atoms with van der Waals surface area (Å²) >= 11 is 0. The molecule has 4 aromatic carbocycles. The van der Waals surface area contributed by atoms with E-state index in [1.54, 1.807) is 0 Å². The molecular formula is C31H30N4. The summed E-state index contributed by atoms with van der Waals surface area (Å²) in [7, 11) is 0. The molecule has 0 bridgehead atoms. The first-order valence-corrected chi connectivity index (χ1v) is 12.1. The number of benzene rings is 4. The number of aliphatic imine (C=N–C) groups is 2. The van der Waals surface area contributed by atoms with Gasteiger partial charge in [0, 0.05) is 24.5 Å². The van der Waals surface area contributed by atoms with Crippen molar-refractivity contribution in [1.29, 1.82) is 0 Å². The minimum atomic E-state index is 0.849. The molecule has 0 amide bonds. The van der Waals surface area contributed by atoms with E-state index in [0.717, 1.165) is 53.9 Å². The number of hydrogen-bond donors (Lipinski definition) is 0. The summed E-state index contributed by atoms with van der Waals surface area (Å²) < 4.78 is 0. The van der Waals surface area contributed by atoms with E-state index in [9.17, 15) is 0 Å². The molecular weight excluding hydrogens is 428 g/mol. The first kappa shape index (κ1) is 22.6. The fourth-order valence-corrected chi connectivity index (χ4v) is 4.26. The molecule has 4 heteroatoms. The Balaban J connectivity index is 1.73. The van der Waals surface area contributed by atoms with Gasteiger partial charge in [0.15, 0.2) is 11.7 Å². The number of aryl methyl sites for hydroxylation is 2. The first-order valence-electron chi connectivity index (χ1n) is 12.1. The van der Waals surface area contributed by atoms with Gasteiger partial charge in [-0.15, -0.1) is 0 Å². The Morgan fingerprint density at radius 1 is 0.486 bits per heavy atom. The van der Waals surface area contributed by atoms with Gasteiger partial charge in [-0.25, -0.2) is 9.98 Å². The summed E-state index contributed by atoms with van der Waals surface area (Å²) in [6, 6.07) is 37.7. The number of para-hydroxylation sites is 2. The molecule has 0 unspecified atom stereocenters. The molecule has 1 aliphatic heterocycles. The lowest BCUT2D eigenvalue weighted by atomic mass is 10.2. The van der Waals surface area contributed by atoms with Crippen molar-refractivity contribution in [3.05, 3.63) is 120 Å². The fourth-order valence-electron chi connectivity index (χ4n) is 4.26. The minimum Gasteiger partial charge on any atom is -0.323 e. The Labute approximate surface area is 207 Å². The van der Waals surface area contributed by atoms with Gasteiger partial charge in [0.2, 0.25) is 0 Å². The van der Waals surface area contributed by atoms with Crippen LogP contribution in [0.5, 0.6) is 0 Å². The summed E-state index contributed by atoms with van der Waals surface area (Å²) in [5.74, 6) is 1.70. The molecule has 1 heterocycles. The predicted molar refractivity (Wildman–Crippen MR) is 149 cm³/mol. The molecule has 0 aromatic heterocycles. The van der Waals surface area contributed by atoms with Crippen LogP contribution < -0.4 is 9.80 Å². The van der Waals surface area contributed by atoms with E-state index in [4.69, 9.17) is 9.98 Å². The van der Waals surface area contributed by atoms with Crippen LogP contribution in [0.15, 0.2) is 119 Å². The van der Waals surface area contributed by atoms with Gasteiger partial charge in [0.1, 0.15) is 0 Å². The number of amidine groups is 2. The van der Waals surface area contributed by atoms with Gasteiger partial charge in [0.05, 0.1) is 11.4 Å². The molecule has 4 aromatic rings. The molecule has 0 atom stereocenters. The predicted octanol–water partition coefficient (Wildman–Crippen LogP) is 7.48. The third-order valence-electron chi connectivity index (χ3n) is 6.15. The maximum Gasteiger partial charge on any atom is 0.177 e. The maximum atomic E-state index is 5.22. The van der Waals surface area contributed by atoms with Crippen molar-refractivity contribution >= 4 is 34.4 Å². The van der Waals surface area contributed by atoms with E-state index >= 15 is 0 Å². The number of anilines is 2. The monoisotopic (exact) mass is 458 g/mol. The summed E-state index contributed by atoms with van der Waals surface area (Å²) in [4.78, 5) is 15.0. The lowest BCUT2D eigenvalue weighted by molar-refractivity contribution is 0.836. The SMILES string of the molecule is Cc1ccc(N=C2C(=Nc3ccc(C)cc3)N(c3ccccc3)CCCN2c2ccccc2)cc1. The van der Waals surface area contributed by atoms with Crippen molar-refractivity contribution in [3.8, 4) is 0 Å². The van der Waals surface area contributed by atoms with Crippen LogP contribution >= 0.6 is 0 Å². The van der Waals surface area contributed by atoms with Crippen LogP contribution in [0.1, 0.15) is 17.5 Å². The lowest BCUT2D eigenvalue weighted by Gasteiger charge is -2.28. The molecule has 0 saturated carbocycles. The van der Waals surface area contributed by atoms with E-state index in [1.165, 1.54) is 11.1 Å². The van der Waals surface area contributed by atoms with Crippen LogP contribution in [-0.2, 0) is 0 Å². The first-order chi connectivity index (χ1) is 17.2. The average molecular weight is 459 g/mol. The van der Waals surface area contributed by atoms with Gasteiger partial charge in [-0.2, -0.15) is 0 Å². The van der Waals surface area contributed by atoms with Crippen LogP contribution in [0.3, 0.4) is 0 Å². The van der Waals surface area contributed by atoms with Gasteiger partial charge in [0.25, 0.3) is 0 Å². The molecule has 35 heavy (non-hydrogen) atoms. The van der Waals surface area contributed by atoms with E-state index < -0.39 is 0 Å². The highest BCUT2D eigenvalue weighted by Gasteiger charge is 2.29. The van der Waals surface area contributed by atoms with Crippen molar-refractivity contribution in [1.82, 2.24) is 0 Å². The van der Waals surface area contributed by atoms with Crippen molar-refractivity contribution in [2.24, 2.45) is 9.98 Å². The minimum absolute atomic E-state index is 0.849. The molecule has 0 aliphatic carbocycles. The van der Waals surface area contributed by atoms with Gasteiger partial charge >= 0.3 is 0 Å². The molecule has 1 aliphatic rings. The third-order valence-corrected chi connectivity index (χ3v) is 6.15. The molecule has 1 fully saturated rings. The van der Waals surface area contributed by atoms with Crippen molar-refractivity contribution < 1.29 is 0 Å². The topological polar surface area (TPSA) is 31.2 Å². The summed E-state index contributed by atoms with van der Waals surface area (Å²) in [6.45, 7) is 5.90. The second-order valence-electron chi connectivity index (χ2n) is 8.87. The standard InChI is InChI=1S/C31H30N4/c1-24-14-18-26(19-15-24)32-30-31(33-27-20-16-25(2)17-21-27)35(29-12-7-4-8-13-29)23-9-22-34(30)28-10-5-3-6-11-28/h3-8,10-21H,9,22-23H2,1-2H3. The van der Waals surface area contributed by atoms with Crippen LogP contribution in [0, 0.1) is 13.8 Å². The quantitative estimate of drug-likeness (QED) is 0.317. The second-order valence-corrected chi connectivity index (χ2v) is 8.87. The van der Waals surface area contributed by atoms with Crippen LogP contribution in [-0.4, -0.2) is 24.8 Å². The second kappa shape index (κ2) is 10.4. The average Bonchev–Trinajstić information content (AvgIpc) is 3.07. The van der Waals surface area contributed by atoms with Gasteiger partial charge in [-0.05, 0) is 68.8 Å². The zero-order chi connectivity index (χ0) is 24.0. The molecule has 0 radical (unpaired) electrons.